The second kappa shape index (κ2) is 3.52. The van der Waals surface area contributed by atoms with Gasteiger partial charge in [0.1, 0.15) is 5.82 Å². The lowest BCUT2D eigenvalue weighted by Crippen LogP contribution is -2.50. The van der Waals surface area contributed by atoms with E-state index in [1.807, 2.05) is 0 Å². The number of nitrogens with two attached hydrogens (primary N) is 1. The average molecular weight is 207 g/mol. The van der Waals surface area contributed by atoms with Crippen LogP contribution in [0.2, 0.25) is 0 Å². The molecule has 1 aromatic rings. The molecule has 1 aromatic heterocycles. The van der Waals surface area contributed by atoms with Crippen molar-refractivity contribution in [2.75, 3.05) is 17.2 Å². The molecule has 78 valence electrons. The van der Waals surface area contributed by atoms with Crippen molar-refractivity contribution in [3.05, 3.63) is 12.3 Å². The number of anilines is 2. The van der Waals surface area contributed by atoms with Crippen LogP contribution in [0.15, 0.2) is 12.3 Å². The monoisotopic (exact) mass is 207 g/mol. The molecule has 1 saturated heterocycles. The number of amides is 3. The third-order valence-electron chi connectivity index (χ3n) is 1.96. The van der Waals surface area contributed by atoms with Crippen molar-refractivity contribution in [2.24, 2.45) is 0 Å². The van der Waals surface area contributed by atoms with Gasteiger partial charge in [-0.3, -0.25) is 15.0 Å². The van der Waals surface area contributed by atoms with Crippen LogP contribution in [0.4, 0.5) is 16.6 Å². The fourth-order valence-corrected chi connectivity index (χ4v) is 1.25. The Labute approximate surface area is 85.3 Å². The number of rotatable bonds is 1. The summed E-state index contributed by atoms with van der Waals surface area (Å²) in [5.74, 6) is 0.199. The number of carbonyl (C=O) groups is 2. The van der Waals surface area contributed by atoms with Crippen molar-refractivity contribution < 1.29 is 9.59 Å². The molecule has 0 spiro atoms. The van der Waals surface area contributed by atoms with Crippen molar-refractivity contribution in [1.82, 2.24) is 15.3 Å². The van der Waals surface area contributed by atoms with Gasteiger partial charge >= 0.3 is 6.03 Å². The van der Waals surface area contributed by atoms with E-state index in [1.165, 1.54) is 17.2 Å². The summed E-state index contributed by atoms with van der Waals surface area (Å²) >= 11 is 0. The first-order valence-electron chi connectivity index (χ1n) is 4.36. The second-order valence-electron chi connectivity index (χ2n) is 3.04. The van der Waals surface area contributed by atoms with Crippen LogP contribution in [0.3, 0.4) is 0 Å². The molecule has 0 radical (unpaired) electrons. The third kappa shape index (κ3) is 1.85. The zero-order chi connectivity index (χ0) is 10.8. The minimum Gasteiger partial charge on any atom is -0.384 e. The molecule has 0 aliphatic carbocycles. The van der Waals surface area contributed by atoms with Crippen molar-refractivity contribution in [3.8, 4) is 0 Å². The van der Waals surface area contributed by atoms with Gasteiger partial charge in [-0.05, 0) is 6.07 Å². The summed E-state index contributed by atoms with van der Waals surface area (Å²) in [5.41, 5.74) is 5.46. The molecule has 0 bridgehead atoms. The molecule has 0 saturated carbocycles. The second-order valence-corrected chi connectivity index (χ2v) is 3.04. The maximum Gasteiger partial charge on any atom is 0.330 e. The van der Waals surface area contributed by atoms with Crippen molar-refractivity contribution in [1.29, 1.82) is 0 Å². The van der Waals surface area contributed by atoms with Gasteiger partial charge in [0.05, 0.1) is 0 Å². The summed E-state index contributed by atoms with van der Waals surface area (Å²) in [6.45, 7) is 0.272. The van der Waals surface area contributed by atoms with Crippen LogP contribution in [-0.2, 0) is 4.79 Å². The number of urea groups is 1. The molecule has 1 fully saturated rings. The van der Waals surface area contributed by atoms with Crippen LogP contribution in [0, 0.1) is 0 Å². The van der Waals surface area contributed by atoms with Crippen LogP contribution in [0.25, 0.3) is 0 Å². The Kier molecular flexibility index (Phi) is 2.20. The van der Waals surface area contributed by atoms with Crippen LogP contribution in [-0.4, -0.2) is 28.5 Å². The van der Waals surface area contributed by atoms with E-state index in [4.69, 9.17) is 5.73 Å². The van der Waals surface area contributed by atoms with Gasteiger partial charge in [0.25, 0.3) is 0 Å². The van der Waals surface area contributed by atoms with E-state index < -0.39 is 6.03 Å². The van der Waals surface area contributed by atoms with Gasteiger partial charge in [0.2, 0.25) is 11.9 Å². The van der Waals surface area contributed by atoms with Gasteiger partial charge in [-0.15, -0.1) is 0 Å². The van der Waals surface area contributed by atoms with E-state index in [9.17, 15) is 9.59 Å². The lowest BCUT2D eigenvalue weighted by Gasteiger charge is -2.24. The molecule has 15 heavy (non-hydrogen) atoms. The molecule has 2 heterocycles. The smallest absolute Gasteiger partial charge is 0.330 e. The number of hydrogen-bond donors (Lipinski definition) is 2. The minimum absolute atomic E-state index is 0.208. The molecule has 1 aliphatic heterocycles. The van der Waals surface area contributed by atoms with E-state index >= 15 is 0 Å². The van der Waals surface area contributed by atoms with Crippen molar-refractivity contribution in [3.63, 3.8) is 0 Å². The van der Waals surface area contributed by atoms with E-state index in [-0.39, 0.29) is 30.6 Å². The van der Waals surface area contributed by atoms with Crippen LogP contribution in [0.5, 0.6) is 0 Å². The Balaban J connectivity index is 2.24. The number of hydrogen-bond acceptors (Lipinski definition) is 5. The summed E-state index contributed by atoms with van der Waals surface area (Å²) in [4.78, 5) is 31.4. The van der Waals surface area contributed by atoms with Crippen LogP contribution >= 0.6 is 0 Å². The number of nitrogens with zero attached hydrogens (tertiary/aromatic N) is 3. The molecular formula is C8H9N5O2. The lowest BCUT2D eigenvalue weighted by molar-refractivity contribution is -0.120. The number of imide groups is 1. The van der Waals surface area contributed by atoms with E-state index in [0.717, 1.165) is 0 Å². The number of nitrogens with one attached hydrogen (secondary N) is 1. The first-order chi connectivity index (χ1) is 7.16. The Bertz CT molecular complexity index is 419. The Morgan fingerprint density at radius 1 is 1.47 bits per heavy atom. The molecular weight excluding hydrogens is 198 g/mol. The zero-order valence-electron chi connectivity index (χ0n) is 7.80. The summed E-state index contributed by atoms with van der Waals surface area (Å²) < 4.78 is 0. The largest absolute Gasteiger partial charge is 0.384 e. The molecule has 0 aromatic carbocycles. The quantitative estimate of drug-likeness (QED) is 0.646. The highest BCUT2D eigenvalue weighted by Gasteiger charge is 2.25. The van der Waals surface area contributed by atoms with Crippen LogP contribution in [0.1, 0.15) is 6.42 Å². The molecule has 7 heteroatoms. The normalized spacial score (nSPS) is 16.4. The van der Waals surface area contributed by atoms with Gasteiger partial charge in [-0.2, -0.15) is 4.98 Å². The summed E-state index contributed by atoms with van der Waals surface area (Å²) in [5, 5.41) is 2.17. The number of aromatic nitrogens is 2. The summed E-state index contributed by atoms with van der Waals surface area (Å²) in [6, 6.07) is 1.01. The molecule has 0 unspecified atom stereocenters. The predicted octanol–water partition coefficient (Wildman–Crippen LogP) is -0.495. The highest BCUT2D eigenvalue weighted by molar-refractivity contribution is 6.04. The fraction of sp³-hybridized carbons (Fsp3) is 0.250. The summed E-state index contributed by atoms with van der Waals surface area (Å²) in [7, 11) is 0. The van der Waals surface area contributed by atoms with Gasteiger partial charge in [-0.1, -0.05) is 0 Å². The Hall–Kier alpha value is -2.18. The van der Waals surface area contributed by atoms with Crippen LogP contribution < -0.4 is 16.0 Å². The SMILES string of the molecule is Nc1ccnc(N2CCC(=O)NC2=O)n1. The van der Waals surface area contributed by atoms with E-state index in [1.54, 1.807) is 0 Å². The van der Waals surface area contributed by atoms with E-state index in [2.05, 4.69) is 15.3 Å². The number of carbonyl (C=O) groups excluding carboxylic acids is 2. The Morgan fingerprint density at radius 2 is 2.27 bits per heavy atom. The maximum absolute atomic E-state index is 11.4. The average Bonchev–Trinajstić information content (AvgIpc) is 2.17. The van der Waals surface area contributed by atoms with Gasteiger partial charge < -0.3 is 5.73 Å². The van der Waals surface area contributed by atoms with Gasteiger partial charge in [-0.25, -0.2) is 9.78 Å². The van der Waals surface area contributed by atoms with Gasteiger partial charge in [0, 0.05) is 19.2 Å². The number of nitrogen functional groups attached to an aromatic ring is 1. The molecule has 7 nitrogen and oxygen atoms in total. The molecule has 2 rings (SSSR count). The summed E-state index contributed by atoms with van der Waals surface area (Å²) in [6.07, 6.45) is 1.70. The molecule has 0 atom stereocenters. The maximum atomic E-state index is 11.4. The molecule has 3 N–H and O–H groups in total. The molecule has 1 aliphatic rings. The standard InChI is InChI=1S/C8H9N5O2/c9-5-1-3-10-7(11-5)13-4-2-6(14)12-8(13)15/h1,3H,2,4H2,(H2,9,10,11)(H,12,14,15). The zero-order valence-corrected chi connectivity index (χ0v) is 7.80. The molecule has 3 amide bonds. The topological polar surface area (TPSA) is 101 Å². The van der Waals surface area contributed by atoms with Gasteiger partial charge in [0.15, 0.2) is 0 Å². The predicted molar refractivity (Wildman–Crippen MR) is 51.9 cm³/mol. The van der Waals surface area contributed by atoms with Crippen molar-refractivity contribution in [2.45, 2.75) is 6.42 Å². The third-order valence-corrected chi connectivity index (χ3v) is 1.96. The highest BCUT2D eigenvalue weighted by atomic mass is 16.2. The highest BCUT2D eigenvalue weighted by Crippen LogP contribution is 2.11. The first-order valence-corrected chi connectivity index (χ1v) is 4.36. The van der Waals surface area contributed by atoms with Crippen molar-refractivity contribution >= 4 is 23.7 Å². The fourth-order valence-electron chi connectivity index (χ4n) is 1.25. The lowest BCUT2D eigenvalue weighted by atomic mass is 10.3. The van der Waals surface area contributed by atoms with E-state index in [0.29, 0.717) is 0 Å². The Morgan fingerprint density at radius 3 is 2.93 bits per heavy atom. The minimum atomic E-state index is -0.517. The first kappa shape index (κ1) is 9.38.